The largest absolute Gasteiger partial charge is 0.369 e. The topological polar surface area (TPSA) is 58.4 Å². The van der Waals surface area contributed by atoms with E-state index in [1.54, 1.807) is 0 Å². The van der Waals surface area contributed by atoms with E-state index >= 15 is 0 Å². The Morgan fingerprint density at radius 1 is 1.42 bits per heavy atom. The maximum Gasteiger partial charge on any atom is 0.220 e. The molecule has 1 fully saturated rings. The minimum Gasteiger partial charge on any atom is -0.369 e. The number of benzene rings is 1. The van der Waals surface area contributed by atoms with E-state index in [1.807, 2.05) is 24.3 Å². The Hall–Kier alpha value is -1.14. The summed E-state index contributed by atoms with van der Waals surface area (Å²) < 4.78 is 1.01. The smallest absolute Gasteiger partial charge is 0.220 e. The molecule has 1 amide bonds. The van der Waals surface area contributed by atoms with Gasteiger partial charge in [0.2, 0.25) is 5.91 Å². The van der Waals surface area contributed by atoms with E-state index in [1.165, 1.54) is 0 Å². The van der Waals surface area contributed by atoms with Gasteiger partial charge in [0.25, 0.3) is 0 Å². The molecule has 2 rings (SSSR count). The van der Waals surface area contributed by atoms with Crippen molar-refractivity contribution in [3.8, 4) is 0 Å². The molecule has 0 aliphatic carbocycles. The Kier molecular flexibility index (Phi) is 4.76. The van der Waals surface area contributed by atoms with Crippen LogP contribution in [0.3, 0.4) is 0 Å². The van der Waals surface area contributed by atoms with E-state index in [4.69, 9.17) is 18.0 Å². The molecule has 0 bridgehead atoms. The fourth-order valence-electron chi connectivity index (χ4n) is 2.14. The van der Waals surface area contributed by atoms with Gasteiger partial charge >= 0.3 is 0 Å². The normalized spacial score (nSPS) is 16.2. The molecule has 0 spiro atoms. The standard InChI is InChI=1S/C13H16BrN3OS/c14-10-2-1-3-11(8-10)16-13(19)17-6-4-9(5-7-17)12(15)18/h1-3,8-9H,4-7H2,(H2,15,18)(H,16,19). The van der Waals surface area contributed by atoms with Crippen LogP contribution in [0.2, 0.25) is 0 Å². The number of hydrogen-bond donors (Lipinski definition) is 2. The zero-order valence-corrected chi connectivity index (χ0v) is 12.8. The summed E-state index contributed by atoms with van der Waals surface area (Å²) in [4.78, 5) is 13.2. The molecule has 3 N–H and O–H groups in total. The van der Waals surface area contributed by atoms with Crippen molar-refractivity contribution in [3.05, 3.63) is 28.7 Å². The van der Waals surface area contributed by atoms with Crippen molar-refractivity contribution in [2.45, 2.75) is 12.8 Å². The average molecular weight is 342 g/mol. The minimum absolute atomic E-state index is 0.00933. The Morgan fingerprint density at radius 2 is 2.11 bits per heavy atom. The molecule has 0 aromatic heterocycles. The molecule has 1 saturated heterocycles. The first kappa shape index (κ1) is 14.3. The molecule has 1 aromatic rings. The first-order valence-corrected chi connectivity index (χ1v) is 7.37. The number of anilines is 1. The van der Waals surface area contributed by atoms with Gasteiger partial charge in [0.05, 0.1) is 0 Å². The van der Waals surface area contributed by atoms with Gasteiger partial charge < -0.3 is 16.0 Å². The number of likely N-dealkylation sites (tertiary alicyclic amines) is 1. The van der Waals surface area contributed by atoms with Crippen molar-refractivity contribution in [3.63, 3.8) is 0 Å². The van der Waals surface area contributed by atoms with Crippen molar-refractivity contribution in [2.75, 3.05) is 18.4 Å². The molecular formula is C13H16BrN3OS. The molecule has 0 radical (unpaired) electrons. The van der Waals surface area contributed by atoms with Crippen LogP contribution in [0.4, 0.5) is 5.69 Å². The van der Waals surface area contributed by atoms with Gasteiger partial charge in [0.15, 0.2) is 5.11 Å². The Bertz CT molecular complexity index is 487. The van der Waals surface area contributed by atoms with Crippen LogP contribution in [0.1, 0.15) is 12.8 Å². The van der Waals surface area contributed by atoms with Gasteiger partial charge in [-0.25, -0.2) is 0 Å². The van der Waals surface area contributed by atoms with Crippen LogP contribution < -0.4 is 11.1 Å². The van der Waals surface area contributed by atoms with Crippen LogP contribution in [0.5, 0.6) is 0 Å². The molecule has 19 heavy (non-hydrogen) atoms. The summed E-state index contributed by atoms with van der Waals surface area (Å²) in [6, 6.07) is 7.86. The predicted molar refractivity (Wildman–Crippen MR) is 83.9 cm³/mol. The number of piperidine rings is 1. The van der Waals surface area contributed by atoms with Crippen molar-refractivity contribution in [2.24, 2.45) is 11.7 Å². The highest BCUT2D eigenvalue weighted by atomic mass is 79.9. The van der Waals surface area contributed by atoms with E-state index in [-0.39, 0.29) is 11.8 Å². The van der Waals surface area contributed by atoms with Crippen molar-refractivity contribution >= 4 is 44.9 Å². The van der Waals surface area contributed by atoms with Gasteiger partial charge in [-0.05, 0) is 43.3 Å². The SMILES string of the molecule is NC(=O)C1CCN(C(=S)Nc2cccc(Br)c2)CC1. The van der Waals surface area contributed by atoms with E-state index in [0.29, 0.717) is 5.11 Å². The zero-order valence-electron chi connectivity index (χ0n) is 10.4. The van der Waals surface area contributed by atoms with Crippen LogP contribution in [-0.2, 0) is 4.79 Å². The van der Waals surface area contributed by atoms with Gasteiger partial charge in [-0.3, -0.25) is 4.79 Å². The lowest BCUT2D eigenvalue weighted by molar-refractivity contribution is -0.122. The maximum absolute atomic E-state index is 11.1. The molecule has 0 unspecified atom stereocenters. The first-order chi connectivity index (χ1) is 9.06. The molecule has 0 saturated carbocycles. The van der Waals surface area contributed by atoms with Crippen molar-refractivity contribution < 1.29 is 4.79 Å². The summed E-state index contributed by atoms with van der Waals surface area (Å²) in [6.45, 7) is 1.54. The number of hydrogen-bond acceptors (Lipinski definition) is 2. The molecular weight excluding hydrogens is 326 g/mol. The maximum atomic E-state index is 11.1. The number of carbonyl (C=O) groups excluding carboxylic acids is 1. The van der Waals surface area contributed by atoms with E-state index in [9.17, 15) is 4.79 Å². The third-order valence-electron chi connectivity index (χ3n) is 3.26. The molecule has 1 heterocycles. The number of rotatable bonds is 2. The monoisotopic (exact) mass is 341 g/mol. The summed E-state index contributed by atoms with van der Waals surface area (Å²) in [5, 5.41) is 3.90. The minimum atomic E-state index is -0.203. The Balaban J connectivity index is 1.90. The second-order valence-electron chi connectivity index (χ2n) is 4.60. The summed E-state index contributed by atoms with van der Waals surface area (Å²) >= 11 is 8.81. The summed E-state index contributed by atoms with van der Waals surface area (Å²) in [5.41, 5.74) is 6.27. The second-order valence-corrected chi connectivity index (χ2v) is 5.91. The van der Waals surface area contributed by atoms with Gasteiger partial charge in [-0.15, -0.1) is 0 Å². The number of amides is 1. The Morgan fingerprint density at radius 3 is 2.68 bits per heavy atom. The first-order valence-electron chi connectivity index (χ1n) is 6.17. The summed E-state index contributed by atoms with van der Waals surface area (Å²) in [7, 11) is 0. The molecule has 1 aliphatic rings. The number of nitrogens with zero attached hydrogens (tertiary/aromatic N) is 1. The number of halogens is 1. The molecule has 1 aromatic carbocycles. The third kappa shape index (κ3) is 3.91. The Labute approximate surface area is 126 Å². The predicted octanol–water partition coefficient (Wildman–Crippen LogP) is 2.34. The van der Waals surface area contributed by atoms with Crippen molar-refractivity contribution in [1.29, 1.82) is 0 Å². The number of nitrogens with two attached hydrogens (primary N) is 1. The van der Waals surface area contributed by atoms with E-state index < -0.39 is 0 Å². The van der Waals surface area contributed by atoms with Crippen LogP contribution >= 0.6 is 28.1 Å². The summed E-state index contributed by atoms with van der Waals surface area (Å²) in [5.74, 6) is -0.213. The van der Waals surface area contributed by atoms with E-state index in [0.717, 1.165) is 36.1 Å². The highest BCUT2D eigenvalue weighted by molar-refractivity contribution is 9.10. The second kappa shape index (κ2) is 6.34. The van der Waals surface area contributed by atoms with Gasteiger partial charge in [0.1, 0.15) is 0 Å². The van der Waals surface area contributed by atoms with Gasteiger partial charge in [-0.1, -0.05) is 22.0 Å². The lowest BCUT2D eigenvalue weighted by Crippen LogP contribution is -2.43. The van der Waals surface area contributed by atoms with Crippen molar-refractivity contribution in [1.82, 2.24) is 4.90 Å². The van der Waals surface area contributed by atoms with E-state index in [2.05, 4.69) is 26.1 Å². The number of nitrogens with one attached hydrogen (secondary N) is 1. The number of carbonyl (C=O) groups is 1. The fourth-order valence-corrected chi connectivity index (χ4v) is 2.84. The summed E-state index contributed by atoms with van der Waals surface area (Å²) in [6.07, 6.45) is 1.55. The fraction of sp³-hybridized carbons (Fsp3) is 0.385. The van der Waals surface area contributed by atoms with Crippen LogP contribution in [0.25, 0.3) is 0 Å². The zero-order chi connectivity index (χ0) is 13.8. The third-order valence-corrected chi connectivity index (χ3v) is 4.11. The average Bonchev–Trinajstić information content (AvgIpc) is 2.39. The lowest BCUT2D eigenvalue weighted by Gasteiger charge is -2.32. The highest BCUT2D eigenvalue weighted by Gasteiger charge is 2.24. The number of primary amides is 1. The van der Waals surface area contributed by atoms with Crippen LogP contribution in [0.15, 0.2) is 28.7 Å². The lowest BCUT2D eigenvalue weighted by atomic mass is 9.97. The molecule has 4 nitrogen and oxygen atoms in total. The van der Waals surface area contributed by atoms with Gasteiger partial charge in [-0.2, -0.15) is 0 Å². The molecule has 102 valence electrons. The molecule has 1 aliphatic heterocycles. The number of thiocarbonyl (C=S) groups is 1. The molecule has 6 heteroatoms. The highest BCUT2D eigenvalue weighted by Crippen LogP contribution is 2.19. The molecule has 0 atom stereocenters. The quantitative estimate of drug-likeness (QED) is 0.810. The van der Waals surface area contributed by atoms with Gasteiger partial charge in [0, 0.05) is 29.2 Å². The van der Waals surface area contributed by atoms with Crippen LogP contribution in [0, 0.1) is 5.92 Å². The van der Waals surface area contributed by atoms with Crippen LogP contribution in [-0.4, -0.2) is 29.0 Å².